The third-order valence-electron chi connectivity index (χ3n) is 4.35. The van der Waals surface area contributed by atoms with Crippen molar-refractivity contribution in [3.05, 3.63) is 95.4 Å². The number of anilines is 1. The standard InChI is InChI=1S/C24H21N3O2S/c1-28-21-11-6-10-20(14-21)23-17-30-24(26-23)27-25-15-19-9-5-12-22(13-19)29-16-18-7-3-2-4-8-18/h2-15,17H,16H2,1H3,(H,26,27)/b25-15-. The van der Waals surface area contributed by atoms with Crippen LogP contribution in [0.3, 0.4) is 0 Å². The summed E-state index contributed by atoms with van der Waals surface area (Å²) in [5.41, 5.74) is 6.96. The molecule has 0 aliphatic rings. The van der Waals surface area contributed by atoms with Crippen LogP contribution in [0.15, 0.2) is 89.3 Å². The minimum atomic E-state index is 0.534. The van der Waals surface area contributed by atoms with Crippen molar-refractivity contribution in [2.45, 2.75) is 6.61 Å². The van der Waals surface area contributed by atoms with Gasteiger partial charge in [0.2, 0.25) is 5.13 Å². The van der Waals surface area contributed by atoms with Gasteiger partial charge in [-0.15, -0.1) is 11.3 Å². The third kappa shape index (κ3) is 5.24. The van der Waals surface area contributed by atoms with Crippen LogP contribution >= 0.6 is 11.3 Å². The minimum absolute atomic E-state index is 0.534. The van der Waals surface area contributed by atoms with Crippen molar-refractivity contribution < 1.29 is 9.47 Å². The minimum Gasteiger partial charge on any atom is -0.497 e. The number of hydrogen-bond acceptors (Lipinski definition) is 6. The third-order valence-corrected chi connectivity index (χ3v) is 5.10. The summed E-state index contributed by atoms with van der Waals surface area (Å²) in [6.07, 6.45) is 1.75. The number of nitrogens with zero attached hydrogens (tertiary/aromatic N) is 2. The Kier molecular flexibility index (Phi) is 6.37. The Bertz CT molecular complexity index is 1130. The van der Waals surface area contributed by atoms with Crippen LogP contribution in [-0.2, 0) is 6.61 Å². The molecule has 5 nitrogen and oxygen atoms in total. The lowest BCUT2D eigenvalue weighted by Crippen LogP contribution is -1.96. The SMILES string of the molecule is COc1cccc(-c2csc(N/N=C\c3cccc(OCc4ccccc4)c3)n2)c1. The summed E-state index contributed by atoms with van der Waals surface area (Å²) in [4.78, 5) is 4.58. The molecule has 0 radical (unpaired) electrons. The van der Waals surface area contributed by atoms with E-state index in [2.05, 4.69) is 15.5 Å². The van der Waals surface area contributed by atoms with Crippen molar-refractivity contribution in [1.82, 2.24) is 4.98 Å². The molecule has 0 saturated carbocycles. The number of rotatable bonds is 8. The summed E-state index contributed by atoms with van der Waals surface area (Å²) in [5, 5.41) is 7.02. The second kappa shape index (κ2) is 9.71. The van der Waals surface area contributed by atoms with Crippen LogP contribution in [0.4, 0.5) is 5.13 Å². The molecule has 150 valence electrons. The lowest BCUT2D eigenvalue weighted by atomic mass is 10.2. The van der Waals surface area contributed by atoms with E-state index >= 15 is 0 Å². The van der Waals surface area contributed by atoms with Gasteiger partial charge in [-0.2, -0.15) is 5.10 Å². The number of ether oxygens (including phenoxy) is 2. The highest BCUT2D eigenvalue weighted by Crippen LogP contribution is 2.27. The molecule has 0 spiro atoms. The molecule has 6 heteroatoms. The lowest BCUT2D eigenvalue weighted by molar-refractivity contribution is 0.306. The van der Waals surface area contributed by atoms with Gasteiger partial charge in [0, 0.05) is 10.9 Å². The maximum atomic E-state index is 5.87. The second-order valence-corrected chi connectivity index (χ2v) is 7.34. The molecule has 1 N–H and O–H groups in total. The second-order valence-electron chi connectivity index (χ2n) is 6.49. The first-order valence-corrected chi connectivity index (χ1v) is 10.3. The van der Waals surface area contributed by atoms with Crippen molar-refractivity contribution in [1.29, 1.82) is 0 Å². The molecule has 0 fully saturated rings. The van der Waals surface area contributed by atoms with E-state index < -0.39 is 0 Å². The molecule has 0 unspecified atom stereocenters. The fourth-order valence-electron chi connectivity index (χ4n) is 2.83. The van der Waals surface area contributed by atoms with Crippen LogP contribution in [0.25, 0.3) is 11.3 Å². The number of hydrogen-bond donors (Lipinski definition) is 1. The maximum Gasteiger partial charge on any atom is 0.203 e. The van der Waals surface area contributed by atoms with Crippen LogP contribution in [0, 0.1) is 0 Å². The van der Waals surface area contributed by atoms with E-state index in [1.54, 1.807) is 13.3 Å². The average molecular weight is 416 g/mol. The molecule has 0 amide bonds. The zero-order valence-electron chi connectivity index (χ0n) is 16.5. The summed E-state index contributed by atoms with van der Waals surface area (Å²) in [7, 11) is 1.66. The van der Waals surface area contributed by atoms with Gasteiger partial charge in [0.05, 0.1) is 19.0 Å². The Balaban J connectivity index is 1.36. The Morgan fingerprint density at radius 3 is 2.67 bits per heavy atom. The maximum absolute atomic E-state index is 5.87. The molecule has 0 bridgehead atoms. The molecule has 1 aromatic heterocycles. The zero-order chi connectivity index (χ0) is 20.6. The van der Waals surface area contributed by atoms with Gasteiger partial charge in [-0.05, 0) is 35.4 Å². The van der Waals surface area contributed by atoms with E-state index in [9.17, 15) is 0 Å². The first-order valence-electron chi connectivity index (χ1n) is 9.46. The van der Waals surface area contributed by atoms with Crippen molar-refractivity contribution in [3.8, 4) is 22.8 Å². The first-order chi connectivity index (χ1) is 14.8. The smallest absolute Gasteiger partial charge is 0.203 e. The number of aromatic nitrogens is 1. The van der Waals surface area contributed by atoms with Crippen molar-refractivity contribution in [2.24, 2.45) is 5.10 Å². The van der Waals surface area contributed by atoms with E-state index in [0.29, 0.717) is 6.61 Å². The molecule has 4 aromatic rings. The molecule has 0 saturated heterocycles. The van der Waals surface area contributed by atoms with Gasteiger partial charge in [0.25, 0.3) is 0 Å². The largest absolute Gasteiger partial charge is 0.497 e. The monoisotopic (exact) mass is 415 g/mol. The molecule has 0 aliphatic carbocycles. The number of nitrogens with one attached hydrogen (secondary N) is 1. The highest BCUT2D eigenvalue weighted by atomic mass is 32.1. The normalized spacial score (nSPS) is 10.8. The molecular weight excluding hydrogens is 394 g/mol. The van der Waals surface area contributed by atoms with Crippen LogP contribution in [0.2, 0.25) is 0 Å². The predicted molar refractivity (Wildman–Crippen MR) is 123 cm³/mol. The van der Waals surface area contributed by atoms with Crippen LogP contribution in [-0.4, -0.2) is 18.3 Å². The van der Waals surface area contributed by atoms with Crippen LogP contribution < -0.4 is 14.9 Å². The summed E-state index contributed by atoms with van der Waals surface area (Å²) in [6.45, 7) is 0.534. The zero-order valence-corrected chi connectivity index (χ0v) is 17.3. The summed E-state index contributed by atoms with van der Waals surface area (Å²) < 4.78 is 11.1. The quantitative estimate of drug-likeness (QED) is 0.290. The molecule has 0 aliphatic heterocycles. The van der Waals surface area contributed by atoms with Gasteiger partial charge < -0.3 is 9.47 Å². The Labute approximate surface area is 179 Å². The van der Waals surface area contributed by atoms with Crippen LogP contribution in [0.5, 0.6) is 11.5 Å². The van der Waals surface area contributed by atoms with E-state index in [0.717, 1.165) is 39.0 Å². The van der Waals surface area contributed by atoms with Crippen LogP contribution in [0.1, 0.15) is 11.1 Å². The fourth-order valence-corrected chi connectivity index (χ4v) is 3.50. The Morgan fingerprint density at radius 1 is 0.967 bits per heavy atom. The lowest BCUT2D eigenvalue weighted by Gasteiger charge is -2.06. The summed E-state index contributed by atoms with van der Waals surface area (Å²) in [6, 6.07) is 25.7. The number of benzene rings is 3. The van der Waals surface area contributed by atoms with Gasteiger partial charge in [0.15, 0.2) is 0 Å². The molecule has 0 atom stereocenters. The van der Waals surface area contributed by atoms with Gasteiger partial charge in [-0.3, -0.25) is 5.43 Å². The summed E-state index contributed by atoms with van der Waals surface area (Å²) in [5.74, 6) is 1.61. The highest BCUT2D eigenvalue weighted by Gasteiger charge is 2.05. The van der Waals surface area contributed by atoms with E-state index in [4.69, 9.17) is 9.47 Å². The molecular formula is C24H21N3O2S. The molecule has 30 heavy (non-hydrogen) atoms. The van der Waals surface area contributed by atoms with E-state index in [-0.39, 0.29) is 0 Å². The Hall–Kier alpha value is -3.64. The fraction of sp³-hybridized carbons (Fsp3) is 0.0833. The van der Waals surface area contributed by atoms with E-state index in [1.165, 1.54) is 11.3 Å². The molecule has 3 aromatic carbocycles. The van der Waals surface area contributed by atoms with Gasteiger partial charge in [-0.1, -0.05) is 54.6 Å². The predicted octanol–water partition coefficient (Wildman–Crippen LogP) is 5.84. The van der Waals surface area contributed by atoms with Crippen molar-refractivity contribution in [2.75, 3.05) is 12.5 Å². The van der Waals surface area contributed by atoms with Crippen molar-refractivity contribution in [3.63, 3.8) is 0 Å². The number of methoxy groups -OCH3 is 1. The Morgan fingerprint density at radius 2 is 1.80 bits per heavy atom. The molecule has 1 heterocycles. The number of thiazole rings is 1. The van der Waals surface area contributed by atoms with Gasteiger partial charge in [0.1, 0.15) is 18.1 Å². The molecule has 4 rings (SSSR count). The highest BCUT2D eigenvalue weighted by molar-refractivity contribution is 7.14. The average Bonchev–Trinajstić information content (AvgIpc) is 3.28. The topological polar surface area (TPSA) is 55.7 Å². The number of hydrazone groups is 1. The van der Waals surface area contributed by atoms with Gasteiger partial charge in [-0.25, -0.2) is 4.98 Å². The van der Waals surface area contributed by atoms with E-state index in [1.807, 2.05) is 84.2 Å². The first kappa shape index (κ1) is 19.7. The van der Waals surface area contributed by atoms with Crippen molar-refractivity contribution >= 4 is 22.7 Å². The summed E-state index contributed by atoms with van der Waals surface area (Å²) >= 11 is 1.50. The van der Waals surface area contributed by atoms with Gasteiger partial charge >= 0.3 is 0 Å².